The van der Waals surface area contributed by atoms with Gasteiger partial charge in [0.1, 0.15) is 60.6 Å². The molecule has 0 aromatic rings. The number of primary amides is 1. The van der Waals surface area contributed by atoms with Gasteiger partial charge in [-0.25, -0.2) is 0 Å². The number of carboxylic acid groups (broad SMARTS) is 1. The summed E-state index contributed by atoms with van der Waals surface area (Å²) in [5.41, 5.74) is 5.14. The molecule has 388 valence electrons. The van der Waals surface area contributed by atoms with Gasteiger partial charge in [-0.15, -0.1) is 0 Å². The van der Waals surface area contributed by atoms with Crippen LogP contribution in [0.5, 0.6) is 0 Å². The van der Waals surface area contributed by atoms with Gasteiger partial charge in [-0.1, -0.05) is 26.1 Å². The molecular formula is C42H68N10O16S. The number of carbonyl (C=O) groups excluding carboxylic acids is 9. The number of rotatable bonds is 24. The summed E-state index contributed by atoms with van der Waals surface area (Å²) in [6.07, 6.45) is -6.92. The van der Waals surface area contributed by atoms with Crippen molar-refractivity contribution in [1.29, 1.82) is 0 Å². The molecule has 3 saturated heterocycles. The number of carboxylic acids is 1. The quantitative estimate of drug-likeness (QED) is 0.0402. The van der Waals surface area contributed by atoms with Crippen LogP contribution >= 0.6 is 12.2 Å². The minimum absolute atomic E-state index is 0.0512. The molecule has 0 saturated carbocycles. The molecule has 26 nitrogen and oxygen atoms in total. The molecule has 3 heterocycles. The van der Waals surface area contributed by atoms with Crippen molar-refractivity contribution in [1.82, 2.24) is 47.0 Å². The Morgan fingerprint density at radius 3 is 1.96 bits per heavy atom. The van der Waals surface area contributed by atoms with E-state index in [1.807, 2.05) is 0 Å². The normalized spacial score (nSPS) is 24.4. The minimum Gasteiger partial charge on any atom is -0.481 e. The molecular weight excluding hydrogens is 933 g/mol. The third-order valence-electron chi connectivity index (χ3n) is 11.6. The topological polar surface area (TPSA) is 387 Å². The van der Waals surface area contributed by atoms with E-state index in [1.54, 1.807) is 13.8 Å². The highest BCUT2D eigenvalue weighted by atomic mass is 32.1. The first-order valence-electron chi connectivity index (χ1n) is 22.7. The molecule has 3 fully saturated rings. The molecule has 0 aromatic heterocycles. The van der Waals surface area contributed by atoms with Crippen molar-refractivity contribution in [3.05, 3.63) is 0 Å². The van der Waals surface area contributed by atoms with Crippen molar-refractivity contribution < 1.29 is 77.8 Å². The average Bonchev–Trinajstić information content (AvgIpc) is 3.98. The number of nitrogens with one attached hydrogen (secondary N) is 7. The number of amides is 9. The van der Waals surface area contributed by atoms with Crippen molar-refractivity contribution in [2.75, 3.05) is 32.8 Å². The van der Waals surface area contributed by atoms with Crippen LogP contribution in [0.4, 0.5) is 0 Å². The second-order valence-corrected chi connectivity index (χ2v) is 18.3. The second kappa shape index (κ2) is 27.0. The smallest absolute Gasteiger partial charge is 0.303 e. The average molecular weight is 1000 g/mol. The molecule has 69 heavy (non-hydrogen) atoms. The van der Waals surface area contributed by atoms with E-state index in [1.165, 1.54) is 30.6 Å². The predicted octanol–water partition coefficient (Wildman–Crippen LogP) is -5.27. The predicted molar refractivity (Wildman–Crippen MR) is 244 cm³/mol. The van der Waals surface area contributed by atoms with Crippen LogP contribution in [0, 0.1) is 5.92 Å². The van der Waals surface area contributed by atoms with Gasteiger partial charge in [0.05, 0.1) is 30.8 Å². The molecule has 0 spiro atoms. The summed E-state index contributed by atoms with van der Waals surface area (Å²) in [7, 11) is 0. The van der Waals surface area contributed by atoms with Gasteiger partial charge in [0.2, 0.25) is 53.2 Å². The molecule has 12 atom stereocenters. The van der Waals surface area contributed by atoms with Gasteiger partial charge in [0.15, 0.2) is 6.29 Å². The summed E-state index contributed by atoms with van der Waals surface area (Å²) in [5, 5.41) is 58.3. The monoisotopic (exact) mass is 1000 g/mol. The summed E-state index contributed by atoms with van der Waals surface area (Å²) in [4.78, 5) is 132. The number of nitrogens with zero attached hydrogens (tertiary/aromatic N) is 2. The molecule has 3 aliphatic rings. The Balaban J connectivity index is 1.84. The first-order valence-corrected chi connectivity index (χ1v) is 23.2. The van der Waals surface area contributed by atoms with Crippen LogP contribution in [0.1, 0.15) is 86.5 Å². The van der Waals surface area contributed by atoms with E-state index in [2.05, 4.69) is 37.2 Å². The Bertz CT molecular complexity index is 1910. The highest BCUT2D eigenvalue weighted by Crippen LogP contribution is 2.25. The fraction of sp³-hybridized carbons (Fsp3) is 0.738. The van der Waals surface area contributed by atoms with E-state index < -0.39 is 158 Å². The molecule has 27 heteroatoms. The Morgan fingerprint density at radius 1 is 0.783 bits per heavy atom. The molecule has 0 unspecified atom stereocenters. The van der Waals surface area contributed by atoms with E-state index in [0.717, 1.165) is 6.92 Å². The van der Waals surface area contributed by atoms with Gasteiger partial charge in [-0.05, 0) is 65.2 Å². The molecule has 0 radical (unpaired) electrons. The fourth-order valence-corrected chi connectivity index (χ4v) is 8.35. The lowest BCUT2D eigenvalue weighted by Gasteiger charge is -2.43. The lowest BCUT2D eigenvalue weighted by atomic mass is 9.96. The standard InChI is InChI=1S/C42H68N10O16S/c1-19(2)15-25(49-36(61)24(47-22(5)54)11-12-31(57)58)37(62)46-20(3)41(66)52-14-8-10-27(52)39(64)50-32(21(4)67-42-33(48-23(6)69)35(60)34(59)28(18-53)68-42)40(65)45-17-30(56)51-13-7-9-26(51)38(63)44-16-29(43)55/h19-21,24-28,32-35,42,53,59-60H,7-18H2,1-6H3,(H2,43,55)(H,44,63)(H,45,65)(H,46,62)(H,47,54)(H,48,69)(H,49,61)(H,50,64)(H,57,58)/t20-,21+,24-,25-,26-,27-,28+,32-,33+,34-,35+,42-/m0/s1. The zero-order chi connectivity index (χ0) is 51.9. The Labute approximate surface area is 404 Å². The summed E-state index contributed by atoms with van der Waals surface area (Å²) in [6, 6.07) is -8.84. The Morgan fingerprint density at radius 2 is 1.39 bits per heavy atom. The van der Waals surface area contributed by atoms with E-state index in [0.29, 0.717) is 12.8 Å². The summed E-state index contributed by atoms with van der Waals surface area (Å²) in [5.74, 6) is -8.17. The number of aliphatic carboxylic acids is 1. The van der Waals surface area contributed by atoms with Gasteiger partial charge < -0.3 is 82.7 Å². The molecule has 0 aliphatic carbocycles. The van der Waals surface area contributed by atoms with Gasteiger partial charge in [0.25, 0.3) is 0 Å². The lowest BCUT2D eigenvalue weighted by Crippen LogP contribution is -2.66. The number of thiocarbonyl (C=S) groups is 1. The van der Waals surface area contributed by atoms with Gasteiger partial charge in [0, 0.05) is 26.4 Å². The van der Waals surface area contributed by atoms with Crippen molar-refractivity contribution in [3.8, 4) is 0 Å². The Kier molecular flexibility index (Phi) is 22.5. The van der Waals surface area contributed by atoms with Gasteiger partial charge >= 0.3 is 5.97 Å². The SMILES string of the molecule is CC(=O)N[C@@H](CCC(=O)O)C(=O)N[C@@H](CC(C)C)C(=O)N[C@@H](C)C(=O)N1CCC[C@H]1C(=O)N[C@H](C(=O)NCC(=O)N1CCC[C@H]1C(=O)NCC(N)=O)[C@@H](C)O[C@H]1O[C@H](CO)[C@H](O)[C@H](O)[C@H]1NC(C)=S. The first-order chi connectivity index (χ1) is 32.4. The number of aliphatic hydroxyl groups is 3. The zero-order valence-electron chi connectivity index (χ0n) is 39.6. The van der Waals surface area contributed by atoms with Crippen LogP contribution < -0.4 is 43.0 Å². The number of ether oxygens (including phenoxy) is 2. The number of hydrogen-bond acceptors (Lipinski definition) is 16. The maximum absolute atomic E-state index is 14.2. The molecule has 3 rings (SSSR count). The van der Waals surface area contributed by atoms with E-state index in [9.17, 15) is 63.3 Å². The Hall–Kier alpha value is -5.61. The van der Waals surface area contributed by atoms with Crippen LogP contribution in [0.2, 0.25) is 0 Å². The number of hydrogen-bond donors (Lipinski definition) is 12. The van der Waals surface area contributed by atoms with Crippen LogP contribution in [-0.4, -0.2) is 200 Å². The van der Waals surface area contributed by atoms with Crippen molar-refractivity contribution in [3.63, 3.8) is 0 Å². The largest absolute Gasteiger partial charge is 0.481 e. The maximum atomic E-state index is 14.2. The summed E-state index contributed by atoms with van der Waals surface area (Å²) < 4.78 is 11.9. The minimum atomic E-state index is -1.67. The molecule has 0 aromatic carbocycles. The maximum Gasteiger partial charge on any atom is 0.303 e. The van der Waals surface area contributed by atoms with Gasteiger partial charge in [-0.3, -0.25) is 47.9 Å². The van der Waals surface area contributed by atoms with E-state index >= 15 is 0 Å². The molecule has 3 aliphatic heterocycles. The van der Waals surface area contributed by atoms with Crippen molar-refractivity contribution in [2.45, 2.75) is 159 Å². The highest BCUT2D eigenvalue weighted by Gasteiger charge is 2.47. The number of likely N-dealkylation sites (tertiary alicyclic amines) is 2. The third-order valence-corrected chi connectivity index (χ3v) is 11.7. The number of aliphatic hydroxyl groups excluding tert-OH is 3. The third kappa shape index (κ3) is 17.1. The lowest BCUT2D eigenvalue weighted by molar-refractivity contribution is -0.280. The number of carbonyl (C=O) groups is 10. The van der Waals surface area contributed by atoms with Gasteiger partial charge in [-0.2, -0.15) is 0 Å². The first kappa shape index (κ1) is 57.7. The zero-order valence-corrected chi connectivity index (χ0v) is 40.4. The van der Waals surface area contributed by atoms with Crippen molar-refractivity contribution >= 4 is 76.3 Å². The second-order valence-electron chi connectivity index (χ2n) is 17.7. The van der Waals surface area contributed by atoms with Crippen LogP contribution in [0.3, 0.4) is 0 Å². The van der Waals surface area contributed by atoms with Crippen molar-refractivity contribution in [2.24, 2.45) is 11.7 Å². The van der Waals surface area contributed by atoms with E-state index in [-0.39, 0.29) is 49.7 Å². The molecule has 9 amide bonds. The molecule has 0 bridgehead atoms. The van der Waals surface area contributed by atoms with Crippen LogP contribution in [-0.2, 0) is 57.4 Å². The highest BCUT2D eigenvalue weighted by molar-refractivity contribution is 7.80. The summed E-state index contributed by atoms with van der Waals surface area (Å²) in [6.45, 7) is 7.24. The molecule has 13 N–H and O–H groups in total. The van der Waals surface area contributed by atoms with Crippen LogP contribution in [0.15, 0.2) is 0 Å². The fourth-order valence-electron chi connectivity index (χ4n) is 8.21. The number of nitrogens with two attached hydrogens (primary N) is 1. The summed E-state index contributed by atoms with van der Waals surface area (Å²) >= 11 is 5.15. The van der Waals surface area contributed by atoms with Crippen LogP contribution in [0.25, 0.3) is 0 Å². The van der Waals surface area contributed by atoms with E-state index in [4.69, 9.17) is 32.5 Å².